The number of aliphatic hydroxyl groups is 1. The fraction of sp³-hybridized carbons (Fsp3) is 0.846. The van der Waals surface area contributed by atoms with Gasteiger partial charge in [0.2, 0.25) is 0 Å². The second kappa shape index (κ2) is 6.23. The van der Waals surface area contributed by atoms with Crippen LogP contribution in [0.4, 0.5) is 4.79 Å². The molecule has 19 heavy (non-hydrogen) atoms. The van der Waals surface area contributed by atoms with Crippen LogP contribution < -0.4 is 0 Å². The molecular formula is C13H24N2O4. The number of carbonyl (C=O) groups excluding carboxylic acids is 1. The summed E-state index contributed by atoms with van der Waals surface area (Å²) in [5.41, 5.74) is -1.06. The number of aliphatic carboxylic acids is 1. The number of nitrogens with zero attached hydrogens (tertiary/aromatic N) is 2. The first-order valence-corrected chi connectivity index (χ1v) is 6.79. The van der Waals surface area contributed by atoms with Crippen LogP contribution in [0.3, 0.4) is 0 Å². The van der Waals surface area contributed by atoms with Crippen LogP contribution in [0, 0.1) is 0 Å². The molecule has 2 atom stereocenters. The van der Waals surface area contributed by atoms with Crippen LogP contribution in [0.25, 0.3) is 0 Å². The lowest BCUT2D eigenvalue weighted by atomic mass is 9.93. The molecule has 1 rings (SSSR count). The van der Waals surface area contributed by atoms with Gasteiger partial charge in [-0.1, -0.05) is 6.92 Å². The van der Waals surface area contributed by atoms with E-state index in [2.05, 4.69) is 0 Å². The first-order chi connectivity index (χ1) is 8.85. The molecule has 6 heteroatoms. The minimum atomic E-state index is -1.06. The Morgan fingerprint density at radius 3 is 2.58 bits per heavy atom. The van der Waals surface area contributed by atoms with Crippen LogP contribution in [-0.4, -0.2) is 63.8 Å². The highest BCUT2D eigenvalue weighted by molar-refractivity contribution is 5.87. The number of carbonyl (C=O) groups is 2. The third-order valence-electron chi connectivity index (χ3n) is 3.91. The molecule has 0 saturated carbocycles. The van der Waals surface area contributed by atoms with E-state index in [1.807, 2.05) is 0 Å². The van der Waals surface area contributed by atoms with Crippen molar-refractivity contribution >= 4 is 12.0 Å². The van der Waals surface area contributed by atoms with E-state index in [1.54, 1.807) is 20.9 Å². The minimum absolute atomic E-state index is 0.262. The van der Waals surface area contributed by atoms with Crippen molar-refractivity contribution in [1.29, 1.82) is 0 Å². The van der Waals surface area contributed by atoms with Gasteiger partial charge in [0.1, 0.15) is 5.54 Å². The molecular weight excluding hydrogens is 248 g/mol. The highest BCUT2D eigenvalue weighted by atomic mass is 16.4. The molecule has 1 fully saturated rings. The van der Waals surface area contributed by atoms with Gasteiger partial charge in [0.15, 0.2) is 0 Å². The van der Waals surface area contributed by atoms with Gasteiger partial charge in [-0.15, -0.1) is 0 Å². The van der Waals surface area contributed by atoms with Gasteiger partial charge >= 0.3 is 12.0 Å². The molecule has 0 spiro atoms. The Morgan fingerprint density at radius 2 is 2.11 bits per heavy atom. The Morgan fingerprint density at radius 1 is 1.47 bits per heavy atom. The Labute approximate surface area is 114 Å². The maximum atomic E-state index is 12.3. The van der Waals surface area contributed by atoms with Gasteiger partial charge in [0.05, 0.1) is 6.10 Å². The number of amides is 2. The van der Waals surface area contributed by atoms with E-state index in [1.165, 1.54) is 9.80 Å². The van der Waals surface area contributed by atoms with E-state index in [0.717, 1.165) is 6.42 Å². The molecule has 0 aromatic carbocycles. The summed E-state index contributed by atoms with van der Waals surface area (Å²) in [4.78, 5) is 26.8. The number of carboxylic acid groups (broad SMARTS) is 1. The number of rotatable bonds is 5. The van der Waals surface area contributed by atoms with Crippen molar-refractivity contribution in [1.82, 2.24) is 9.80 Å². The van der Waals surface area contributed by atoms with Crippen molar-refractivity contribution in [3.8, 4) is 0 Å². The fourth-order valence-electron chi connectivity index (χ4n) is 2.58. The summed E-state index contributed by atoms with van der Waals surface area (Å²) in [6, 6.07) is -0.262. The molecule has 0 radical (unpaired) electrons. The average molecular weight is 272 g/mol. The smallest absolute Gasteiger partial charge is 0.329 e. The summed E-state index contributed by atoms with van der Waals surface area (Å²) < 4.78 is 0. The molecule has 1 aliphatic rings. The molecule has 0 aromatic rings. The van der Waals surface area contributed by atoms with E-state index in [4.69, 9.17) is 0 Å². The van der Waals surface area contributed by atoms with Crippen LogP contribution in [0.15, 0.2) is 0 Å². The quantitative estimate of drug-likeness (QED) is 0.786. The van der Waals surface area contributed by atoms with Crippen LogP contribution >= 0.6 is 0 Å². The lowest BCUT2D eigenvalue weighted by Crippen LogP contribution is -2.56. The average Bonchev–Trinajstić information content (AvgIpc) is 2.79. The predicted octanol–water partition coefficient (Wildman–Crippen LogP) is 1.14. The number of hydrogen-bond acceptors (Lipinski definition) is 3. The second-order valence-electron chi connectivity index (χ2n) is 5.29. The first kappa shape index (κ1) is 15.8. The molecule has 6 nitrogen and oxygen atoms in total. The summed E-state index contributed by atoms with van der Waals surface area (Å²) in [5, 5.41) is 18.7. The van der Waals surface area contributed by atoms with E-state index < -0.39 is 17.6 Å². The zero-order valence-electron chi connectivity index (χ0n) is 11.9. The van der Waals surface area contributed by atoms with Crippen LogP contribution in [0.2, 0.25) is 0 Å². The maximum Gasteiger partial charge on any atom is 0.329 e. The van der Waals surface area contributed by atoms with Gasteiger partial charge in [-0.25, -0.2) is 9.59 Å². The van der Waals surface area contributed by atoms with Crippen molar-refractivity contribution in [3.05, 3.63) is 0 Å². The molecule has 2 amide bonds. The van der Waals surface area contributed by atoms with Gasteiger partial charge in [0, 0.05) is 20.1 Å². The zero-order chi connectivity index (χ0) is 14.6. The van der Waals surface area contributed by atoms with Gasteiger partial charge in [0.25, 0.3) is 0 Å². The largest absolute Gasteiger partial charge is 0.479 e. The van der Waals surface area contributed by atoms with Crippen LogP contribution in [0.1, 0.15) is 39.5 Å². The van der Waals surface area contributed by atoms with Crippen LogP contribution in [0.5, 0.6) is 0 Å². The zero-order valence-corrected chi connectivity index (χ0v) is 11.9. The monoisotopic (exact) mass is 272 g/mol. The highest BCUT2D eigenvalue weighted by Crippen LogP contribution is 2.33. The van der Waals surface area contributed by atoms with E-state index in [9.17, 15) is 19.8 Å². The van der Waals surface area contributed by atoms with Crippen molar-refractivity contribution in [2.45, 2.75) is 51.2 Å². The number of carboxylic acids is 1. The molecule has 2 N–H and O–H groups in total. The summed E-state index contributed by atoms with van der Waals surface area (Å²) >= 11 is 0. The summed E-state index contributed by atoms with van der Waals surface area (Å²) in [6.07, 6.45) is 1.66. The molecule has 0 aromatic heterocycles. The third kappa shape index (κ3) is 3.18. The molecule has 1 aliphatic heterocycles. The van der Waals surface area contributed by atoms with Crippen molar-refractivity contribution in [3.63, 3.8) is 0 Å². The summed E-state index contributed by atoms with van der Waals surface area (Å²) in [6.45, 7) is 4.38. The summed E-state index contributed by atoms with van der Waals surface area (Å²) in [7, 11) is 1.64. The minimum Gasteiger partial charge on any atom is -0.479 e. The predicted molar refractivity (Wildman–Crippen MR) is 70.9 cm³/mol. The van der Waals surface area contributed by atoms with Crippen molar-refractivity contribution in [2.75, 3.05) is 20.1 Å². The maximum absolute atomic E-state index is 12.3. The van der Waals surface area contributed by atoms with E-state index in [-0.39, 0.29) is 6.03 Å². The molecule has 110 valence electrons. The van der Waals surface area contributed by atoms with Crippen LogP contribution in [-0.2, 0) is 4.79 Å². The summed E-state index contributed by atoms with van der Waals surface area (Å²) in [5.74, 6) is -0.926. The third-order valence-corrected chi connectivity index (χ3v) is 3.91. The number of likely N-dealkylation sites (tertiary alicyclic amines) is 1. The fourth-order valence-corrected chi connectivity index (χ4v) is 2.58. The lowest BCUT2D eigenvalue weighted by molar-refractivity contribution is -0.148. The molecule has 0 aliphatic carbocycles. The van der Waals surface area contributed by atoms with Gasteiger partial charge in [-0.2, -0.15) is 0 Å². The van der Waals surface area contributed by atoms with Gasteiger partial charge in [-0.3, -0.25) is 0 Å². The number of urea groups is 1. The first-order valence-electron chi connectivity index (χ1n) is 6.79. The Balaban J connectivity index is 2.77. The molecule has 0 bridgehead atoms. The Hall–Kier alpha value is -1.30. The van der Waals surface area contributed by atoms with Crippen molar-refractivity contribution < 1.29 is 19.8 Å². The number of hydrogen-bond donors (Lipinski definition) is 2. The Kier molecular flexibility index (Phi) is 5.17. The van der Waals surface area contributed by atoms with E-state index >= 15 is 0 Å². The Bertz CT molecular complexity index is 346. The molecule has 1 heterocycles. The molecule has 1 saturated heterocycles. The van der Waals surface area contributed by atoms with Gasteiger partial charge < -0.3 is 20.0 Å². The lowest BCUT2D eigenvalue weighted by Gasteiger charge is -2.36. The van der Waals surface area contributed by atoms with E-state index in [0.29, 0.717) is 32.4 Å². The van der Waals surface area contributed by atoms with Crippen molar-refractivity contribution in [2.24, 2.45) is 0 Å². The second-order valence-corrected chi connectivity index (χ2v) is 5.29. The highest BCUT2D eigenvalue weighted by Gasteiger charge is 2.49. The standard InChI is InChI=1S/C13H24N2O4/c1-4-13(11(17)18)7-5-8-15(13)12(19)14(3)9-6-10(2)16/h10,16H,4-9H2,1-3H3,(H,17,18). The SMILES string of the molecule is CCC1(C(=O)O)CCCN1C(=O)N(C)CCC(C)O. The van der Waals surface area contributed by atoms with Gasteiger partial charge in [-0.05, 0) is 32.6 Å². The number of aliphatic hydroxyl groups excluding tert-OH is 1. The normalized spacial score (nSPS) is 24.3. The topological polar surface area (TPSA) is 81.1 Å². The molecule has 2 unspecified atom stereocenters.